The monoisotopic (exact) mass is 242 g/mol. The fourth-order valence-corrected chi connectivity index (χ4v) is 2.09. The molecule has 0 aliphatic carbocycles. The van der Waals surface area contributed by atoms with Gasteiger partial charge in [0.05, 0.1) is 6.61 Å². The van der Waals surface area contributed by atoms with E-state index in [4.69, 9.17) is 4.74 Å². The summed E-state index contributed by atoms with van der Waals surface area (Å²) < 4.78 is 6.36. The van der Waals surface area contributed by atoms with Gasteiger partial charge in [-0.15, -0.1) is 5.10 Å². The number of nitrogens with zero attached hydrogens (tertiary/aromatic N) is 4. The van der Waals surface area contributed by atoms with Gasteiger partial charge in [-0.25, -0.2) is 9.48 Å². The van der Waals surface area contributed by atoms with E-state index in [9.17, 15) is 9.90 Å². The number of aryl methyl sites for hydroxylation is 1. The van der Waals surface area contributed by atoms with Crippen LogP contribution in [0.1, 0.15) is 13.3 Å². The number of carbonyl (C=O) groups excluding carboxylic acids is 1. The number of hydrogen-bond acceptors (Lipinski definition) is 7. The zero-order valence-corrected chi connectivity index (χ0v) is 9.40. The number of thioether (sulfide) groups is 1. The molecule has 1 aliphatic heterocycles. The third kappa shape index (κ3) is 2.01. The average Bonchev–Trinajstić information content (AvgIpc) is 2.71. The molecular weight excluding hydrogens is 232 g/mol. The van der Waals surface area contributed by atoms with Gasteiger partial charge in [-0.3, -0.25) is 0 Å². The van der Waals surface area contributed by atoms with Gasteiger partial charge >= 0.3 is 5.97 Å². The summed E-state index contributed by atoms with van der Waals surface area (Å²) in [4.78, 5) is 11.6. The number of hydrogen-bond donors (Lipinski definition) is 1. The number of ether oxygens (including phenoxy) is 1. The van der Waals surface area contributed by atoms with Crippen LogP contribution in [0.3, 0.4) is 0 Å². The van der Waals surface area contributed by atoms with Crippen LogP contribution in [-0.4, -0.2) is 37.9 Å². The van der Waals surface area contributed by atoms with Crippen molar-refractivity contribution in [3.63, 3.8) is 0 Å². The number of tetrazole rings is 1. The summed E-state index contributed by atoms with van der Waals surface area (Å²) in [6, 6.07) is 0. The second-order valence-electron chi connectivity index (χ2n) is 3.04. The fourth-order valence-electron chi connectivity index (χ4n) is 1.20. The predicted molar refractivity (Wildman–Crippen MR) is 54.6 cm³/mol. The second-order valence-corrected chi connectivity index (χ2v) is 4.02. The van der Waals surface area contributed by atoms with Crippen LogP contribution in [0.2, 0.25) is 0 Å². The number of aliphatic hydroxyl groups is 1. The summed E-state index contributed by atoms with van der Waals surface area (Å²) in [7, 11) is 0. The van der Waals surface area contributed by atoms with E-state index in [2.05, 4.69) is 15.5 Å². The fraction of sp³-hybridized carbons (Fsp3) is 0.500. The lowest BCUT2D eigenvalue weighted by Gasteiger charge is -2.14. The SMILES string of the molecule is CCn1nnnc1SC1=C(O)CCOC1=O. The quantitative estimate of drug-likeness (QED) is 0.772. The highest BCUT2D eigenvalue weighted by molar-refractivity contribution is 8.03. The van der Waals surface area contributed by atoms with Crippen LogP contribution in [0.5, 0.6) is 0 Å². The highest BCUT2D eigenvalue weighted by Crippen LogP contribution is 2.30. The van der Waals surface area contributed by atoms with Gasteiger partial charge in [-0.05, 0) is 29.1 Å². The molecule has 7 nitrogen and oxygen atoms in total. The Balaban J connectivity index is 2.23. The van der Waals surface area contributed by atoms with Gasteiger partial charge in [0.1, 0.15) is 10.7 Å². The van der Waals surface area contributed by atoms with Crippen LogP contribution >= 0.6 is 11.8 Å². The van der Waals surface area contributed by atoms with E-state index >= 15 is 0 Å². The van der Waals surface area contributed by atoms with E-state index < -0.39 is 5.97 Å². The van der Waals surface area contributed by atoms with E-state index in [0.29, 0.717) is 18.1 Å². The average molecular weight is 242 g/mol. The highest BCUT2D eigenvalue weighted by Gasteiger charge is 2.25. The lowest BCUT2D eigenvalue weighted by molar-refractivity contribution is -0.139. The molecule has 16 heavy (non-hydrogen) atoms. The maximum Gasteiger partial charge on any atom is 0.348 e. The van der Waals surface area contributed by atoms with Crippen LogP contribution in [0, 0.1) is 0 Å². The maximum atomic E-state index is 11.4. The number of cyclic esters (lactones) is 1. The van der Waals surface area contributed by atoms with Gasteiger partial charge in [0, 0.05) is 13.0 Å². The molecule has 0 fully saturated rings. The van der Waals surface area contributed by atoms with Gasteiger partial charge in [-0.2, -0.15) is 0 Å². The van der Waals surface area contributed by atoms with Gasteiger partial charge in [0.2, 0.25) is 5.16 Å². The molecule has 0 spiro atoms. The molecule has 1 aromatic rings. The Morgan fingerprint density at radius 2 is 2.44 bits per heavy atom. The van der Waals surface area contributed by atoms with Crippen molar-refractivity contribution < 1.29 is 14.6 Å². The zero-order valence-electron chi connectivity index (χ0n) is 8.58. The second kappa shape index (κ2) is 4.52. The minimum Gasteiger partial charge on any atom is -0.511 e. The minimum atomic E-state index is -0.528. The zero-order chi connectivity index (χ0) is 11.5. The van der Waals surface area contributed by atoms with Crippen molar-refractivity contribution >= 4 is 17.7 Å². The van der Waals surface area contributed by atoms with Crippen LogP contribution in [-0.2, 0) is 16.1 Å². The molecule has 2 rings (SSSR count). The Morgan fingerprint density at radius 1 is 1.62 bits per heavy atom. The number of esters is 1. The number of rotatable bonds is 3. The first-order valence-electron chi connectivity index (χ1n) is 4.75. The molecule has 0 radical (unpaired) electrons. The molecule has 0 atom stereocenters. The molecule has 8 heteroatoms. The van der Waals surface area contributed by atoms with Gasteiger partial charge < -0.3 is 9.84 Å². The van der Waals surface area contributed by atoms with Gasteiger partial charge in [-0.1, -0.05) is 0 Å². The number of aliphatic hydroxyl groups excluding tert-OH is 1. The molecule has 86 valence electrons. The van der Waals surface area contributed by atoms with E-state index in [1.165, 1.54) is 4.68 Å². The van der Waals surface area contributed by atoms with Gasteiger partial charge in [0.25, 0.3) is 0 Å². The third-order valence-corrected chi connectivity index (χ3v) is 3.09. The van der Waals surface area contributed by atoms with Crippen molar-refractivity contribution in [1.82, 2.24) is 20.2 Å². The Bertz CT molecular complexity index is 442. The third-order valence-electron chi connectivity index (χ3n) is 2.01. The van der Waals surface area contributed by atoms with E-state index in [-0.39, 0.29) is 17.3 Å². The maximum absolute atomic E-state index is 11.4. The van der Waals surface area contributed by atoms with E-state index in [0.717, 1.165) is 11.8 Å². The van der Waals surface area contributed by atoms with Crippen LogP contribution in [0.25, 0.3) is 0 Å². The molecule has 0 unspecified atom stereocenters. The molecule has 1 aromatic heterocycles. The molecule has 2 heterocycles. The summed E-state index contributed by atoms with van der Waals surface area (Å²) in [6.07, 6.45) is 0.335. The topological polar surface area (TPSA) is 90.1 Å². The van der Waals surface area contributed by atoms with Crippen molar-refractivity contribution in [1.29, 1.82) is 0 Å². The molecule has 0 amide bonds. The van der Waals surface area contributed by atoms with Crippen molar-refractivity contribution in [2.24, 2.45) is 0 Å². The van der Waals surface area contributed by atoms with Gasteiger partial charge in [0.15, 0.2) is 0 Å². The number of carbonyl (C=O) groups is 1. The first kappa shape index (κ1) is 10.9. The Labute approximate surface area is 95.5 Å². The van der Waals surface area contributed by atoms with Crippen LogP contribution < -0.4 is 0 Å². The molecule has 0 aromatic carbocycles. The van der Waals surface area contributed by atoms with Crippen LogP contribution in [0.15, 0.2) is 15.8 Å². The molecule has 1 N–H and O–H groups in total. The van der Waals surface area contributed by atoms with Crippen molar-refractivity contribution in [2.45, 2.75) is 25.0 Å². The molecular formula is C8H10N4O3S. The van der Waals surface area contributed by atoms with E-state index in [1.807, 2.05) is 6.92 Å². The van der Waals surface area contributed by atoms with Crippen LogP contribution in [0.4, 0.5) is 0 Å². The smallest absolute Gasteiger partial charge is 0.348 e. The summed E-state index contributed by atoms with van der Waals surface area (Å²) in [5.74, 6) is -0.494. The summed E-state index contributed by atoms with van der Waals surface area (Å²) in [5, 5.41) is 21.0. The van der Waals surface area contributed by atoms with Crippen molar-refractivity contribution in [3.8, 4) is 0 Å². The lowest BCUT2D eigenvalue weighted by atomic mass is 10.3. The largest absolute Gasteiger partial charge is 0.511 e. The van der Waals surface area contributed by atoms with E-state index in [1.54, 1.807) is 0 Å². The molecule has 0 bridgehead atoms. The summed E-state index contributed by atoms with van der Waals surface area (Å²) >= 11 is 1.02. The molecule has 1 aliphatic rings. The highest BCUT2D eigenvalue weighted by atomic mass is 32.2. The Morgan fingerprint density at radius 3 is 3.12 bits per heavy atom. The molecule has 0 saturated heterocycles. The standard InChI is InChI=1S/C8H10N4O3S/c1-2-12-8(9-10-11-12)16-6-5(13)3-4-15-7(6)14/h13H,2-4H2,1H3. The van der Waals surface area contributed by atoms with Crippen molar-refractivity contribution in [2.75, 3.05) is 6.61 Å². The predicted octanol–water partition coefficient (Wildman–Crippen LogP) is 0.502. The molecule has 0 saturated carbocycles. The minimum absolute atomic E-state index is 0.0342. The Kier molecular flexibility index (Phi) is 3.09. The summed E-state index contributed by atoms with van der Waals surface area (Å²) in [5.41, 5.74) is 0. The first-order valence-corrected chi connectivity index (χ1v) is 5.57. The lowest BCUT2D eigenvalue weighted by Crippen LogP contribution is -2.16. The van der Waals surface area contributed by atoms with Crippen molar-refractivity contribution in [3.05, 3.63) is 10.7 Å². The Hall–Kier alpha value is -1.57. The normalized spacial score (nSPS) is 16.4. The first-order chi connectivity index (χ1) is 7.72. The number of aromatic nitrogens is 4. The summed E-state index contributed by atoms with van der Waals surface area (Å²) in [6.45, 7) is 2.69.